The maximum absolute atomic E-state index is 13.3. The Hall–Kier alpha value is -3.28. The van der Waals surface area contributed by atoms with E-state index in [4.69, 9.17) is 0 Å². The molecule has 2 aromatic carbocycles. The average Bonchev–Trinajstić information content (AvgIpc) is 3.21. The van der Waals surface area contributed by atoms with Crippen LogP contribution in [0.2, 0.25) is 0 Å². The zero-order chi connectivity index (χ0) is 27.2. The van der Waals surface area contributed by atoms with E-state index >= 15 is 0 Å². The van der Waals surface area contributed by atoms with Gasteiger partial charge in [0.15, 0.2) is 0 Å². The third-order valence-electron chi connectivity index (χ3n) is 7.07. The maximum atomic E-state index is 13.3. The molecule has 0 saturated carbocycles. The van der Waals surface area contributed by atoms with E-state index in [1.54, 1.807) is 13.1 Å². The highest BCUT2D eigenvalue weighted by molar-refractivity contribution is 5.76. The van der Waals surface area contributed by atoms with Crippen molar-refractivity contribution in [2.75, 3.05) is 4.90 Å². The van der Waals surface area contributed by atoms with Crippen molar-refractivity contribution in [3.63, 3.8) is 0 Å². The first-order valence-electron chi connectivity index (χ1n) is 12.7. The molecule has 4 rings (SSSR count). The van der Waals surface area contributed by atoms with Gasteiger partial charge in [0.2, 0.25) is 0 Å². The second-order valence-corrected chi connectivity index (χ2v) is 11.9. The fraction of sp³-hybridized carbons (Fsp3) is 0.387. The van der Waals surface area contributed by atoms with Crippen molar-refractivity contribution in [1.29, 1.82) is 0 Å². The van der Waals surface area contributed by atoms with Crippen LogP contribution < -0.4 is 10.2 Å². The highest BCUT2D eigenvalue weighted by Gasteiger charge is 2.43. The summed E-state index contributed by atoms with van der Waals surface area (Å²) in [6.45, 7) is 14.7. The fourth-order valence-corrected chi connectivity index (χ4v) is 4.70. The van der Waals surface area contributed by atoms with Gasteiger partial charge in [0.1, 0.15) is 0 Å². The molecule has 0 amide bonds. The molecule has 0 fully saturated rings. The number of hydrogen-bond donors (Lipinski definition) is 1. The first-order valence-corrected chi connectivity index (χ1v) is 12.7. The number of halogens is 3. The van der Waals surface area contributed by atoms with E-state index in [0.29, 0.717) is 5.69 Å². The Labute approximate surface area is 218 Å². The summed E-state index contributed by atoms with van der Waals surface area (Å²) < 4.78 is 39.9. The van der Waals surface area contributed by atoms with E-state index in [1.807, 2.05) is 12.1 Å². The monoisotopic (exact) mass is 507 g/mol. The van der Waals surface area contributed by atoms with Gasteiger partial charge in [0, 0.05) is 23.5 Å². The second-order valence-electron chi connectivity index (χ2n) is 11.9. The third kappa shape index (κ3) is 5.68. The quantitative estimate of drug-likeness (QED) is 0.382. The van der Waals surface area contributed by atoms with Crippen molar-refractivity contribution in [3.05, 3.63) is 95.5 Å². The minimum atomic E-state index is -4.35. The number of alkyl halides is 3. The van der Waals surface area contributed by atoms with Gasteiger partial charge in [0.05, 0.1) is 29.2 Å². The Morgan fingerprint density at radius 3 is 1.51 bits per heavy atom. The van der Waals surface area contributed by atoms with Crippen LogP contribution in [0.3, 0.4) is 0 Å². The molecule has 2 atom stereocenters. The highest BCUT2D eigenvalue weighted by Crippen LogP contribution is 2.42. The Morgan fingerprint density at radius 2 is 1.16 bits per heavy atom. The average molecular weight is 508 g/mol. The van der Waals surface area contributed by atoms with Gasteiger partial charge >= 0.3 is 6.18 Å². The molecule has 1 aliphatic heterocycles. The number of nitrogens with zero attached hydrogens (tertiary/aromatic N) is 2. The summed E-state index contributed by atoms with van der Waals surface area (Å²) >= 11 is 0. The standard InChI is InChI=1S/C31H36F3N3/c1-20-26(31(32,33)34)19-36-28(20)27-17-16-25(18-35-27)37(23-12-8-21(9-13-23)29(2,3)4)24-14-10-22(11-15-24)30(5,6)7/h8-20,28,36H,1-7H3. The van der Waals surface area contributed by atoms with Crippen molar-refractivity contribution >= 4 is 17.1 Å². The first kappa shape index (κ1) is 26.8. The van der Waals surface area contributed by atoms with Gasteiger partial charge in [-0.2, -0.15) is 13.2 Å². The Morgan fingerprint density at radius 1 is 0.703 bits per heavy atom. The molecule has 2 heterocycles. The Kier molecular flexibility index (Phi) is 6.91. The fourth-order valence-electron chi connectivity index (χ4n) is 4.70. The van der Waals surface area contributed by atoms with E-state index in [0.717, 1.165) is 23.3 Å². The number of nitrogens with one attached hydrogen (secondary N) is 1. The van der Waals surface area contributed by atoms with Crippen molar-refractivity contribution in [2.45, 2.75) is 71.5 Å². The Balaban J connectivity index is 1.69. The molecule has 1 aromatic heterocycles. The minimum absolute atomic E-state index is 0.0369. The van der Waals surface area contributed by atoms with Gasteiger partial charge in [0.25, 0.3) is 0 Å². The van der Waals surface area contributed by atoms with E-state index in [9.17, 15) is 13.2 Å². The van der Waals surface area contributed by atoms with E-state index in [1.165, 1.54) is 11.1 Å². The van der Waals surface area contributed by atoms with E-state index in [2.05, 4.69) is 105 Å². The molecule has 0 radical (unpaired) electrons. The molecule has 3 nitrogen and oxygen atoms in total. The zero-order valence-corrected chi connectivity index (χ0v) is 22.6. The maximum Gasteiger partial charge on any atom is 0.414 e. The van der Waals surface area contributed by atoms with Crippen molar-refractivity contribution in [2.24, 2.45) is 5.92 Å². The van der Waals surface area contributed by atoms with Crippen LogP contribution in [0.5, 0.6) is 0 Å². The molecular weight excluding hydrogens is 471 g/mol. The zero-order valence-electron chi connectivity index (χ0n) is 22.6. The smallest absolute Gasteiger partial charge is 0.382 e. The number of rotatable bonds is 4. The van der Waals surface area contributed by atoms with Crippen molar-refractivity contribution < 1.29 is 13.2 Å². The van der Waals surface area contributed by atoms with Crippen LogP contribution >= 0.6 is 0 Å². The normalized spacial score (nSPS) is 18.4. The molecule has 0 spiro atoms. The molecule has 0 aliphatic carbocycles. The minimum Gasteiger partial charge on any atom is -0.382 e. The summed E-state index contributed by atoms with van der Waals surface area (Å²) in [5.74, 6) is -0.718. The summed E-state index contributed by atoms with van der Waals surface area (Å²) in [6.07, 6.45) is -1.54. The molecule has 3 aromatic rings. The number of benzene rings is 2. The molecule has 2 unspecified atom stereocenters. The summed E-state index contributed by atoms with van der Waals surface area (Å²) in [7, 11) is 0. The van der Waals surface area contributed by atoms with Crippen molar-refractivity contribution in [3.8, 4) is 0 Å². The topological polar surface area (TPSA) is 28.2 Å². The van der Waals surface area contributed by atoms with Crippen LogP contribution in [0, 0.1) is 5.92 Å². The molecular formula is C31H36F3N3. The van der Waals surface area contributed by atoms with Crippen LogP contribution in [0.1, 0.15) is 71.3 Å². The molecule has 6 heteroatoms. The highest BCUT2D eigenvalue weighted by atomic mass is 19.4. The first-order chi connectivity index (χ1) is 17.2. The predicted molar refractivity (Wildman–Crippen MR) is 145 cm³/mol. The van der Waals surface area contributed by atoms with Gasteiger partial charge < -0.3 is 10.2 Å². The third-order valence-corrected chi connectivity index (χ3v) is 7.07. The van der Waals surface area contributed by atoms with Gasteiger partial charge in [-0.25, -0.2) is 0 Å². The molecule has 0 bridgehead atoms. The second kappa shape index (κ2) is 9.55. The van der Waals surface area contributed by atoms with Gasteiger partial charge in [-0.15, -0.1) is 0 Å². The van der Waals surface area contributed by atoms with Crippen LogP contribution in [-0.4, -0.2) is 11.2 Å². The lowest BCUT2D eigenvalue weighted by Gasteiger charge is -2.28. The lowest BCUT2D eigenvalue weighted by molar-refractivity contribution is -0.0977. The lowest BCUT2D eigenvalue weighted by Crippen LogP contribution is -2.22. The SMILES string of the molecule is CC1C(C(F)(F)F)=CNC1c1ccc(N(c2ccc(C(C)(C)C)cc2)c2ccc(C(C)(C)C)cc2)cn1. The van der Waals surface area contributed by atoms with Crippen molar-refractivity contribution in [1.82, 2.24) is 10.3 Å². The van der Waals surface area contributed by atoms with E-state index < -0.39 is 23.7 Å². The van der Waals surface area contributed by atoms with Gasteiger partial charge in [-0.3, -0.25) is 4.98 Å². The predicted octanol–water partition coefficient (Wildman–Crippen LogP) is 8.87. The number of pyridine rings is 1. The molecule has 1 aliphatic rings. The van der Waals surface area contributed by atoms with Crippen LogP contribution in [0.25, 0.3) is 0 Å². The summed E-state index contributed by atoms with van der Waals surface area (Å²) in [4.78, 5) is 6.73. The molecule has 37 heavy (non-hydrogen) atoms. The number of aromatic nitrogens is 1. The summed E-state index contributed by atoms with van der Waals surface area (Å²) in [5, 5.41) is 2.87. The van der Waals surface area contributed by atoms with Crippen LogP contribution in [-0.2, 0) is 10.8 Å². The van der Waals surface area contributed by atoms with Gasteiger partial charge in [-0.1, -0.05) is 72.7 Å². The largest absolute Gasteiger partial charge is 0.414 e. The van der Waals surface area contributed by atoms with E-state index in [-0.39, 0.29) is 10.8 Å². The number of anilines is 3. The summed E-state index contributed by atoms with van der Waals surface area (Å²) in [6, 6.07) is 20.2. The Bertz CT molecular complexity index is 1190. The number of hydrogen-bond acceptors (Lipinski definition) is 3. The molecule has 196 valence electrons. The molecule has 0 saturated heterocycles. The van der Waals surface area contributed by atoms with Crippen LogP contribution in [0.4, 0.5) is 30.2 Å². The summed E-state index contributed by atoms with van der Waals surface area (Å²) in [5.41, 5.74) is 5.39. The lowest BCUT2D eigenvalue weighted by atomic mass is 9.86. The van der Waals surface area contributed by atoms with Gasteiger partial charge in [-0.05, 0) is 58.4 Å². The van der Waals surface area contributed by atoms with Crippen LogP contribution in [0.15, 0.2) is 78.6 Å². The molecule has 1 N–H and O–H groups in total.